The van der Waals surface area contributed by atoms with E-state index in [1.54, 1.807) is 43.3 Å². The summed E-state index contributed by atoms with van der Waals surface area (Å²) in [4.78, 5) is 28.4. The molecule has 0 bridgehead atoms. The molecule has 0 unspecified atom stereocenters. The summed E-state index contributed by atoms with van der Waals surface area (Å²) in [7, 11) is -2.13. The minimum absolute atomic E-state index is 0.000867. The third-order valence-corrected chi connectivity index (χ3v) is 8.71. The molecule has 0 radical (unpaired) electrons. The van der Waals surface area contributed by atoms with Crippen LogP contribution in [-0.2, 0) is 32.6 Å². The zero-order valence-corrected chi connectivity index (χ0v) is 25.6. The van der Waals surface area contributed by atoms with Gasteiger partial charge in [0, 0.05) is 48.0 Å². The fourth-order valence-corrected chi connectivity index (χ4v) is 6.06. The summed E-state index contributed by atoms with van der Waals surface area (Å²) in [6.07, 6.45) is 1.62. The van der Waals surface area contributed by atoms with Gasteiger partial charge >= 0.3 is 0 Å². The second-order valence-corrected chi connectivity index (χ2v) is 12.6. The highest BCUT2D eigenvalue weighted by Crippen LogP contribution is 2.29. The first-order valence-electron chi connectivity index (χ1n) is 12.6. The number of rotatable bonds is 12. The van der Waals surface area contributed by atoms with Crippen LogP contribution in [0.1, 0.15) is 29.5 Å². The number of hydrogen-bond acceptors (Lipinski definition) is 4. The molecule has 0 saturated heterocycles. The molecule has 7 nitrogen and oxygen atoms in total. The molecule has 0 fully saturated rings. The number of sulfonamides is 1. The SMILES string of the molecule is CNC(=O)[C@@H](Cc1ccccc1)N(Cc1ccc(Cl)cc1Cl)C(=O)CCCN(c1cccc(Cl)c1C)S(C)(=O)=O. The lowest BCUT2D eigenvalue weighted by molar-refractivity contribution is -0.141. The van der Waals surface area contributed by atoms with Crippen LogP contribution in [0.3, 0.4) is 0 Å². The minimum atomic E-state index is -3.65. The Bertz CT molecular complexity index is 1450. The Kier molecular flexibility index (Phi) is 11.3. The lowest BCUT2D eigenvalue weighted by Gasteiger charge is -2.32. The highest BCUT2D eigenvalue weighted by molar-refractivity contribution is 7.92. The molecule has 2 amide bonds. The van der Waals surface area contributed by atoms with E-state index >= 15 is 0 Å². The predicted octanol–water partition coefficient (Wildman–Crippen LogP) is 5.89. The Labute approximate surface area is 251 Å². The predicted molar refractivity (Wildman–Crippen MR) is 163 cm³/mol. The van der Waals surface area contributed by atoms with Crippen molar-refractivity contribution in [2.45, 2.75) is 38.8 Å². The van der Waals surface area contributed by atoms with Crippen LogP contribution in [0, 0.1) is 6.92 Å². The first kappa shape index (κ1) is 31.7. The molecular formula is C29H32Cl3N3O4S. The summed E-state index contributed by atoms with van der Waals surface area (Å²) >= 11 is 18.8. The second kappa shape index (κ2) is 14.2. The van der Waals surface area contributed by atoms with E-state index in [-0.39, 0.29) is 44.2 Å². The van der Waals surface area contributed by atoms with Crippen molar-refractivity contribution in [3.05, 3.63) is 98.5 Å². The molecule has 1 atom stereocenters. The molecule has 0 saturated carbocycles. The third-order valence-electron chi connectivity index (χ3n) is 6.53. The number of hydrogen-bond donors (Lipinski definition) is 1. The van der Waals surface area contributed by atoms with Crippen molar-refractivity contribution in [2.75, 3.05) is 24.2 Å². The normalized spacial score (nSPS) is 12.1. The monoisotopic (exact) mass is 623 g/mol. The van der Waals surface area contributed by atoms with Crippen molar-refractivity contribution >= 4 is 62.3 Å². The van der Waals surface area contributed by atoms with Crippen LogP contribution in [0.5, 0.6) is 0 Å². The van der Waals surface area contributed by atoms with Crippen LogP contribution in [0.25, 0.3) is 0 Å². The van der Waals surface area contributed by atoms with E-state index < -0.39 is 16.1 Å². The highest BCUT2D eigenvalue weighted by atomic mass is 35.5. The number of amides is 2. The Morgan fingerprint density at radius 1 is 0.950 bits per heavy atom. The van der Waals surface area contributed by atoms with E-state index in [9.17, 15) is 18.0 Å². The summed E-state index contributed by atoms with van der Waals surface area (Å²) in [5, 5.41) is 3.95. The summed E-state index contributed by atoms with van der Waals surface area (Å²) in [6.45, 7) is 1.88. The van der Waals surface area contributed by atoms with Crippen molar-refractivity contribution in [1.82, 2.24) is 10.2 Å². The van der Waals surface area contributed by atoms with Gasteiger partial charge < -0.3 is 10.2 Å². The molecular weight excluding hydrogens is 593 g/mol. The molecule has 0 aliphatic heterocycles. The van der Waals surface area contributed by atoms with E-state index in [4.69, 9.17) is 34.8 Å². The molecule has 214 valence electrons. The zero-order valence-electron chi connectivity index (χ0n) is 22.5. The summed E-state index contributed by atoms with van der Waals surface area (Å²) in [5.74, 6) is -0.638. The minimum Gasteiger partial charge on any atom is -0.357 e. The van der Waals surface area contributed by atoms with Gasteiger partial charge in [-0.1, -0.05) is 77.3 Å². The maximum atomic E-state index is 13.8. The number of carbonyl (C=O) groups is 2. The van der Waals surface area contributed by atoms with Gasteiger partial charge in [0.05, 0.1) is 11.9 Å². The van der Waals surface area contributed by atoms with Crippen molar-refractivity contribution in [1.29, 1.82) is 0 Å². The number of halogens is 3. The van der Waals surface area contributed by atoms with Crippen LogP contribution < -0.4 is 9.62 Å². The van der Waals surface area contributed by atoms with Gasteiger partial charge in [0.15, 0.2) is 0 Å². The van der Waals surface area contributed by atoms with Gasteiger partial charge in [-0.2, -0.15) is 0 Å². The fraction of sp³-hybridized carbons (Fsp3) is 0.310. The number of benzene rings is 3. The Balaban J connectivity index is 1.89. The first-order valence-corrected chi connectivity index (χ1v) is 15.6. The number of likely N-dealkylation sites (N-methyl/N-ethyl adjacent to an activating group) is 1. The standard InChI is InChI=1S/C29H32Cl3N3O4S/c1-20-24(31)11-7-12-26(20)35(40(3,38)39)16-8-13-28(36)34(19-22-14-15-23(30)18-25(22)32)27(29(37)33-2)17-21-9-5-4-6-10-21/h4-7,9-12,14-15,18,27H,8,13,16-17,19H2,1-3H3,(H,33,37)/t27-/m1/s1. The van der Waals surface area contributed by atoms with E-state index in [1.807, 2.05) is 30.3 Å². The Morgan fingerprint density at radius 2 is 1.65 bits per heavy atom. The van der Waals surface area contributed by atoms with Crippen LogP contribution in [0.4, 0.5) is 5.69 Å². The van der Waals surface area contributed by atoms with Crippen LogP contribution in [0.15, 0.2) is 66.7 Å². The van der Waals surface area contributed by atoms with Crippen molar-refractivity contribution in [2.24, 2.45) is 0 Å². The summed E-state index contributed by atoms with van der Waals surface area (Å²) < 4.78 is 26.6. The molecule has 11 heteroatoms. The van der Waals surface area contributed by atoms with Crippen LogP contribution in [0.2, 0.25) is 15.1 Å². The number of nitrogens with zero attached hydrogens (tertiary/aromatic N) is 2. The lowest BCUT2D eigenvalue weighted by Crippen LogP contribution is -2.49. The quantitative estimate of drug-likeness (QED) is 0.272. The van der Waals surface area contributed by atoms with Gasteiger partial charge in [0.25, 0.3) is 0 Å². The van der Waals surface area contributed by atoms with Gasteiger partial charge in [-0.05, 0) is 54.3 Å². The molecule has 3 aromatic carbocycles. The molecule has 40 heavy (non-hydrogen) atoms. The van der Waals surface area contributed by atoms with Gasteiger partial charge in [-0.15, -0.1) is 0 Å². The summed E-state index contributed by atoms with van der Waals surface area (Å²) in [6, 6.07) is 18.6. The molecule has 0 aliphatic rings. The zero-order chi connectivity index (χ0) is 29.4. The average molecular weight is 625 g/mol. The molecule has 0 aliphatic carbocycles. The number of carbonyl (C=O) groups excluding carboxylic acids is 2. The van der Waals surface area contributed by atoms with Crippen molar-refractivity contribution in [3.63, 3.8) is 0 Å². The average Bonchev–Trinajstić information content (AvgIpc) is 2.91. The largest absolute Gasteiger partial charge is 0.357 e. The van der Waals surface area contributed by atoms with E-state index in [0.717, 1.165) is 11.8 Å². The third kappa shape index (κ3) is 8.36. The molecule has 3 rings (SSSR count). The Hall–Kier alpha value is -2.78. The molecule has 0 aromatic heterocycles. The van der Waals surface area contributed by atoms with Gasteiger partial charge in [0.2, 0.25) is 21.8 Å². The maximum absolute atomic E-state index is 13.8. The first-order chi connectivity index (χ1) is 18.9. The van der Waals surface area contributed by atoms with E-state index in [1.165, 1.54) is 16.3 Å². The van der Waals surface area contributed by atoms with Crippen LogP contribution in [-0.4, -0.2) is 51.0 Å². The van der Waals surface area contributed by atoms with Gasteiger partial charge in [-0.3, -0.25) is 13.9 Å². The number of nitrogens with one attached hydrogen (secondary N) is 1. The van der Waals surface area contributed by atoms with Gasteiger partial charge in [0.1, 0.15) is 6.04 Å². The van der Waals surface area contributed by atoms with E-state index in [2.05, 4.69) is 5.32 Å². The summed E-state index contributed by atoms with van der Waals surface area (Å²) in [5.41, 5.74) is 2.60. The van der Waals surface area contributed by atoms with Crippen molar-refractivity contribution < 1.29 is 18.0 Å². The van der Waals surface area contributed by atoms with Crippen molar-refractivity contribution in [3.8, 4) is 0 Å². The molecule has 3 aromatic rings. The molecule has 1 N–H and O–H groups in total. The molecule has 0 heterocycles. The molecule has 0 spiro atoms. The second-order valence-electron chi connectivity index (χ2n) is 9.40. The Morgan fingerprint density at radius 3 is 2.27 bits per heavy atom. The maximum Gasteiger partial charge on any atom is 0.242 e. The topological polar surface area (TPSA) is 86.8 Å². The fourth-order valence-electron chi connectivity index (χ4n) is 4.40. The smallest absolute Gasteiger partial charge is 0.242 e. The van der Waals surface area contributed by atoms with Gasteiger partial charge in [-0.25, -0.2) is 8.42 Å². The number of anilines is 1. The lowest BCUT2D eigenvalue weighted by atomic mass is 10.0. The highest BCUT2D eigenvalue weighted by Gasteiger charge is 2.30. The van der Waals surface area contributed by atoms with Crippen LogP contribution >= 0.6 is 34.8 Å². The van der Waals surface area contributed by atoms with E-state index in [0.29, 0.717) is 31.9 Å².